The fourth-order valence-electron chi connectivity index (χ4n) is 7.42. The molecule has 6 heteroatoms. The number of hydrogen-bond donors (Lipinski definition) is 2. The molecule has 2 aliphatic rings. The third-order valence-corrected chi connectivity index (χ3v) is 9.35. The number of anilines is 2. The van der Waals surface area contributed by atoms with Gasteiger partial charge < -0.3 is 20.0 Å². The lowest BCUT2D eigenvalue weighted by Crippen LogP contribution is -2.41. The highest BCUT2D eigenvalue weighted by Gasteiger charge is 2.45. The molecule has 4 aromatic rings. The summed E-state index contributed by atoms with van der Waals surface area (Å²) >= 11 is 0. The Morgan fingerprint density at radius 1 is 0.744 bits per heavy atom. The summed E-state index contributed by atoms with van der Waals surface area (Å²) in [6, 6.07) is 25.1. The Balaban J connectivity index is 1.43. The number of carboxylic acids is 2. The maximum atomic E-state index is 11.7. The van der Waals surface area contributed by atoms with Crippen molar-refractivity contribution >= 4 is 44.9 Å². The number of fused-ring (bicyclic) bond motifs is 6. The molecular weight excluding hydrogens is 536 g/mol. The number of carboxylic acid groups (broad SMARTS) is 2. The van der Waals surface area contributed by atoms with E-state index in [-0.39, 0.29) is 29.7 Å². The Labute approximate surface area is 252 Å². The predicted octanol–water partition coefficient (Wildman–Crippen LogP) is 7.65. The van der Waals surface area contributed by atoms with Crippen LogP contribution in [0.1, 0.15) is 51.7 Å². The summed E-state index contributed by atoms with van der Waals surface area (Å²) in [5.41, 5.74) is 4.99. The standard InChI is InChI=1S/C37H38N2O4/c1-36(2)30(38(22-20-32(40)41)28-18-16-24-10-5-7-12-26(24)34(28)36)14-9-15-31-37(3,4)35-27-13-8-6-11-25(27)17-19-29(35)39(31)23-21-33(42)43/h5-19,30H,20-23H2,1-4H3,(H,40,41)(H,42,43). The quantitative estimate of drug-likeness (QED) is 0.225. The van der Waals surface area contributed by atoms with Crippen molar-refractivity contribution < 1.29 is 19.8 Å². The van der Waals surface area contributed by atoms with Crippen molar-refractivity contribution in [2.45, 2.75) is 57.4 Å². The molecule has 0 fully saturated rings. The van der Waals surface area contributed by atoms with Crippen LogP contribution < -0.4 is 9.80 Å². The molecule has 2 N–H and O–H groups in total. The minimum Gasteiger partial charge on any atom is -0.481 e. The molecule has 6 rings (SSSR count). The largest absolute Gasteiger partial charge is 0.481 e. The van der Waals surface area contributed by atoms with Crippen LogP contribution in [0.25, 0.3) is 21.5 Å². The second-order valence-corrected chi connectivity index (χ2v) is 12.7. The average molecular weight is 575 g/mol. The molecule has 0 amide bonds. The van der Waals surface area contributed by atoms with E-state index in [1.165, 1.54) is 27.3 Å². The molecule has 0 radical (unpaired) electrons. The van der Waals surface area contributed by atoms with E-state index in [1.54, 1.807) is 0 Å². The number of aliphatic carboxylic acids is 2. The number of benzene rings is 4. The molecule has 0 spiro atoms. The van der Waals surface area contributed by atoms with E-state index in [1.807, 2.05) is 12.1 Å². The molecule has 220 valence electrons. The lowest BCUT2D eigenvalue weighted by Gasteiger charge is -2.32. The molecule has 2 aliphatic heterocycles. The molecule has 0 saturated heterocycles. The Kier molecular flexibility index (Phi) is 7.04. The van der Waals surface area contributed by atoms with Gasteiger partial charge in [-0.2, -0.15) is 0 Å². The van der Waals surface area contributed by atoms with Gasteiger partial charge in [0.2, 0.25) is 0 Å². The van der Waals surface area contributed by atoms with Gasteiger partial charge in [-0.15, -0.1) is 0 Å². The monoisotopic (exact) mass is 574 g/mol. The van der Waals surface area contributed by atoms with Crippen LogP contribution in [-0.2, 0) is 20.4 Å². The van der Waals surface area contributed by atoms with Crippen LogP contribution in [0.2, 0.25) is 0 Å². The Morgan fingerprint density at radius 2 is 1.30 bits per heavy atom. The van der Waals surface area contributed by atoms with Crippen LogP contribution in [0, 0.1) is 0 Å². The fraction of sp³-hybridized carbons (Fsp3) is 0.297. The zero-order valence-electron chi connectivity index (χ0n) is 25.2. The topological polar surface area (TPSA) is 81.1 Å². The van der Waals surface area contributed by atoms with E-state index >= 15 is 0 Å². The molecule has 0 bridgehead atoms. The zero-order chi connectivity index (χ0) is 30.5. The van der Waals surface area contributed by atoms with Gasteiger partial charge in [0.1, 0.15) is 0 Å². The minimum absolute atomic E-state index is 0.0321. The maximum absolute atomic E-state index is 11.7. The van der Waals surface area contributed by atoms with Crippen LogP contribution in [0.3, 0.4) is 0 Å². The molecule has 1 unspecified atom stereocenters. The van der Waals surface area contributed by atoms with Gasteiger partial charge in [0, 0.05) is 41.0 Å². The van der Waals surface area contributed by atoms with Gasteiger partial charge in [0.25, 0.3) is 0 Å². The molecule has 0 aromatic heterocycles. The first-order valence-corrected chi connectivity index (χ1v) is 14.9. The highest BCUT2D eigenvalue weighted by molar-refractivity contribution is 5.95. The highest BCUT2D eigenvalue weighted by atomic mass is 16.4. The van der Waals surface area contributed by atoms with E-state index in [4.69, 9.17) is 0 Å². The first-order chi connectivity index (χ1) is 20.5. The van der Waals surface area contributed by atoms with E-state index in [0.29, 0.717) is 13.1 Å². The van der Waals surface area contributed by atoms with Crippen LogP contribution in [-0.4, -0.2) is 41.3 Å². The van der Waals surface area contributed by atoms with Crippen molar-refractivity contribution in [3.8, 4) is 0 Å². The lowest BCUT2D eigenvalue weighted by molar-refractivity contribution is -0.137. The normalized spacial score (nSPS) is 19.4. The summed E-state index contributed by atoms with van der Waals surface area (Å²) in [5.74, 6) is -1.64. The summed E-state index contributed by atoms with van der Waals surface area (Å²) < 4.78 is 0. The fourth-order valence-corrected chi connectivity index (χ4v) is 7.42. The van der Waals surface area contributed by atoms with Crippen molar-refractivity contribution in [3.63, 3.8) is 0 Å². The Bertz CT molecular complexity index is 1820. The van der Waals surface area contributed by atoms with E-state index in [0.717, 1.165) is 22.5 Å². The smallest absolute Gasteiger partial charge is 0.305 e. The van der Waals surface area contributed by atoms with Crippen molar-refractivity contribution in [1.29, 1.82) is 0 Å². The van der Waals surface area contributed by atoms with Crippen molar-refractivity contribution in [3.05, 3.63) is 108 Å². The van der Waals surface area contributed by atoms with Gasteiger partial charge in [0.15, 0.2) is 0 Å². The van der Waals surface area contributed by atoms with Crippen LogP contribution >= 0.6 is 0 Å². The number of carbonyl (C=O) groups is 2. The zero-order valence-corrected chi connectivity index (χ0v) is 25.2. The maximum Gasteiger partial charge on any atom is 0.305 e. The summed E-state index contributed by atoms with van der Waals surface area (Å²) in [7, 11) is 0. The van der Waals surface area contributed by atoms with Gasteiger partial charge in [-0.05, 0) is 50.9 Å². The van der Waals surface area contributed by atoms with Gasteiger partial charge in [-0.25, -0.2) is 0 Å². The number of allylic oxidation sites excluding steroid dienone is 3. The molecular formula is C37H38N2O4. The summed E-state index contributed by atoms with van der Waals surface area (Å²) in [6.07, 6.45) is 6.49. The van der Waals surface area contributed by atoms with Crippen LogP contribution in [0.4, 0.5) is 11.4 Å². The third-order valence-electron chi connectivity index (χ3n) is 9.35. The molecule has 2 heterocycles. The summed E-state index contributed by atoms with van der Waals surface area (Å²) in [5, 5.41) is 23.8. The Morgan fingerprint density at radius 3 is 1.93 bits per heavy atom. The number of rotatable bonds is 8. The third kappa shape index (κ3) is 4.75. The molecule has 6 nitrogen and oxygen atoms in total. The molecule has 1 atom stereocenters. The molecule has 0 saturated carbocycles. The van der Waals surface area contributed by atoms with Crippen molar-refractivity contribution in [2.75, 3.05) is 22.9 Å². The van der Waals surface area contributed by atoms with Crippen molar-refractivity contribution in [2.24, 2.45) is 0 Å². The SMILES string of the molecule is CC1(C)C(=CC=CC2N(CCC(=O)O)c3ccc4ccccc4c3C2(C)C)N(CCC(=O)O)c2ccc3ccccc3c21. The van der Waals surface area contributed by atoms with E-state index < -0.39 is 11.9 Å². The second-order valence-electron chi connectivity index (χ2n) is 12.7. The summed E-state index contributed by atoms with van der Waals surface area (Å²) in [4.78, 5) is 27.7. The summed E-state index contributed by atoms with van der Waals surface area (Å²) in [6.45, 7) is 9.67. The average Bonchev–Trinajstić information content (AvgIpc) is 3.33. The van der Waals surface area contributed by atoms with Gasteiger partial charge in [-0.1, -0.05) is 101 Å². The Hall–Kier alpha value is -4.58. The molecule has 0 aliphatic carbocycles. The van der Waals surface area contributed by atoms with E-state index in [2.05, 4.69) is 116 Å². The van der Waals surface area contributed by atoms with Crippen LogP contribution in [0.5, 0.6) is 0 Å². The van der Waals surface area contributed by atoms with Gasteiger partial charge >= 0.3 is 11.9 Å². The molecule has 43 heavy (non-hydrogen) atoms. The van der Waals surface area contributed by atoms with Crippen LogP contribution in [0.15, 0.2) is 96.7 Å². The molecule has 4 aromatic carbocycles. The first-order valence-electron chi connectivity index (χ1n) is 14.9. The van der Waals surface area contributed by atoms with Gasteiger partial charge in [-0.3, -0.25) is 9.59 Å². The lowest BCUT2D eigenvalue weighted by atomic mass is 9.78. The number of hydrogen-bond acceptors (Lipinski definition) is 4. The van der Waals surface area contributed by atoms with Crippen molar-refractivity contribution in [1.82, 2.24) is 0 Å². The van der Waals surface area contributed by atoms with E-state index in [9.17, 15) is 19.8 Å². The highest BCUT2D eigenvalue weighted by Crippen LogP contribution is 2.52. The number of nitrogens with zero attached hydrogens (tertiary/aromatic N) is 2. The first kappa shape index (κ1) is 28.5. The second kappa shape index (κ2) is 10.6. The minimum atomic E-state index is -0.825. The predicted molar refractivity (Wildman–Crippen MR) is 174 cm³/mol. The van der Waals surface area contributed by atoms with Gasteiger partial charge in [0.05, 0.1) is 18.9 Å².